The van der Waals surface area contributed by atoms with Crippen molar-refractivity contribution in [2.24, 2.45) is 0 Å². The maximum atomic E-state index is 12.7. The van der Waals surface area contributed by atoms with Gasteiger partial charge in [0.1, 0.15) is 4.83 Å². The topological polar surface area (TPSA) is 61.2 Å². The van der Waals surface area contributed by atoms with Gasteiger partial charge in [0.05, 0.1) is 24.2 Å². The summed E-state index contributed by atoms with van der Waals surface area (Å²) >= 11 is 1.64. The summed E-state index contributed by atoms with van der Waals surface area (Å²) in [4.78, 5) is 30.9. The third-order valence-corrected chi connectivity index (χ3v) is 5.07. The average molecular weight is 320 g/mol. The van der Waals surface area contributed by atoms with Crippen LogP contribution in [0.25, 0.3) is 10.2 Å². The summed E-state index contributed by atoms with van der Waals surface area (Å²) in [6, 6.07) is 0. The van der Waals surface area contributed by atoms with Crippen LogP contribution in [0.2, 0.25) is 0 Å². The zero-order valence-electron chi connectivity index (χ0n) is 12.9. The predicted molar refractivity (Wildman–Crippen MR) is 86.4 cm³/mol. The van der Waals surface area contributed by atoms with Crippen molar-refractivity contribution >= 4 is 27.5 Å². The highest BCUT2D eigenvalue weighted by Crippen LogP contribution is 2.33. The monoisotopic (exact) mass is 320 g/mol. The number of nitrogens with zero attached hydrogens (tertiary/aromatic N) is 2. The number of ether oxygens (including phenoxy) is 1. The van der Waals surface area contributed by atoms with Crippen LogP contribution in [-0.4, -0.2) is 21.6 Å². The van der Waals surface area contributed by atoms with E-state index in [9.17, 15) is 9.59 Å². The first-order chi connectivity index (χ1) is 10.6. The van der Waals surface area contributed by atoms with Gasteiger partial charge in [-0.2, -0.15) is 0 Å². The molecule has 0 N–H and O–H groups in total. The molecule has 0 fully saturated rings. The van der Waals surface area contributed by atoms with E-state index in [0.29, 0.717) is 6.54 Å². The van der Waals surface area contributed by atoms with Gasteiger partial charge in [-0.15, -0.1) is 11.3 Å². The number of thiophene rings is 1. The summed E-state index contributed by atoms with van der Waals surface area (Å²) in [5, 5.41) is 0.763. The second-order valence-electron chi connectivity index (χ2n) is 5.92. The van der Waals surface area contributed by atoms with E-state index in [0.717, 1.165) is 29.5 Å². The Hall–Kier alpha value is -1.69. The summed E-state index contributed by atoms with van der Waals surface area (Å²) in [6.45, 7) is 3.95. The van der Waals surface area contributed by atoms with Crippen molar-refractivity contribution in [2.45, 2.75) is 58.6 Å². The Morgan fingerprint density at radius 1 is 1.41 bits per heavy atom. The average Bonchev–Trinajstić information content (AvgIpc) is 2.85. The van der Waals surface area contributed by atoms with Gasteiger partial charge in [0.25, 0.3) is 5.56 Å². The Kier molecular flexibility index (Phi) is 4.29. The number of esters is 1. The minimum atomic E-state index is -0.283. The van der Waals surface area contributed by atoms with Gasteiger partial charge in [-0.3, -0.25) is 14.2 Å². The van der Waals surface area contributed by atoms with Crippen molar-refractivity contribution in [3.8, 4) is 0 Å². The number of carbonyl (C=O) groups is 1. The Bertz CT molecular complexity index is 761. The van der Waals surface area contributed by atoms with Gasteiger partial charge < -0.3 is 4.74 Å². The first-order valence-corrected chi connectivity index (χ1v) is 8.57. The van der Waals surface area contributed by atoms with Crippen LogP contribution in [0.15, 0.2) is 11.1 Å². The van der Waals surface area contributed by atoms with Crippen LogP contribution in [-0.2, 0) is 28.9 Å². The van der Waals surface area contributed by atoms with Crippen LogP contribution in [0.4, 0.5) is 0 Å². The Balaban J connectivity index is 1.87. The lowest BCUT2D eigenvalue weighted by molar-refractivity contribution is -0.147. The molecule has 1 aliphatic carbocycles. The molecule has 0 atom stereocenters. The molecule has 0 unspecified atom stereocenters. The van der Waals surface area contributed by atoms with E-state index < -0.39 is 0 Å². The van der Waals surface area contributed by atoms with E-state index in [4.69, 9.17) is 4.74 Å². The minimum Gasteiger partial charge on any atom is -0.463 e. The predicted octanol–water partition coefficient (Wildman–Crippen LogP) is 2.68. The fraction of sp³-hybridized carbons (Fsp3) is 0.562. The van der Waals surface area contributed by atoms with Crippen molar-refractivity contribution < 1.29 is 9.53 Å². The number of aromatic nitrogens is 2. The van der Waals surface area contributed by atoms with E-state index in [1.54, 1.807) is 17.7 Å². The van der Waals surface area contributed by atoms with E-state index >= 15 is 0 Å². The summed E-state index contributed by atoms with van der Waals surface area (Å²) in [6.07, 6.45) is 5.95. The highest BCUT2D eigenvalue weighted by Gasteiger charge is 2.20. The molecule has 6 heteroatoms. The molecule has 0 saturated carbocycles. The van der Waals surface area contributed by atoms with Crippen molar-refractivity contribution in [1.29, 1.82) is 0 Å². The summed E-state index contributed by atoms with van der Waals surface area (Å²) < 4.78 is 6.64. The second kappa shape index (κ2) is 6.20. The fourth-order valence-corrected chi connectivity index (χ4v) is 4.09. The van der Waals surface area contributed by atoms with Crippen LogP contribution in [0.5, 0.6) is 0 Å². The Morgan fingerprint density at radius 2 is 2.18 bits per heavy atom. The van der Waals surface area contributed by atoms with Gasteiger partial charge in [0, 0.05) is 11.4 Å². The van der Waals surface area contributed by atoms with Crippen molar-refractivity contribution in [2.75, 3.05) is 0 Å². The molecule has 118 valence electrons. The molecule has 2 heterocycles. The Labute approximate surface area is 132 Å². The van der Waals surface area contributed by atoms with E-state index in [2.05, 4.69) is 4.98 Å². The first-order valence-electron chi connectivity index (χ1n) is 7.75. The molecular weight excluding hydrogens is 300 g/mol. The van der Waals surface area contributed by atoms with Crippen molar-refractivity contribution in [3.05, 3.63) is 27.1 Å². The van der Waals surface area contributed by atoms with Crippen molar-refractivity contribution in [1.82, 2.24) is 9.55 Å². The van der Waals surface area contributed by atoms with Crippen LogP contribution >= 0.6 is 11.3 Å². The highest BCUT2D eigenvalue weighted by atomic mass is 32.1. The zero-order valence-corrected chi connectivity index (χ0v) is 13.7. The maximum Gasteiger partial charge on any atom is 0.307 e. The lowest BCUT2D eigenvalue weighted by Crippen LogP contribution is -2.23. The second-order valence-corrected chi connectivity index (χ2v) is 7.01. The number of hydrogen-bond donors (Lipinski definition) is 0. The van der Waals surface area contributed by atoms with Gasteiger partial charge in [-0.05, 0) is 45.1 Å². The number of aryl methyl sites for hydroxylation is 3. The lowest BCUT2D eigenvalue weighted by atomic mass is 9.97. The van der Waals surface area contributed by atoms with E-state index in [1.807, 2.05) is 13.8 Å². The van der Waals surface area contributed by atoms with Gasteiger partial charge in [-0.25, -0.2) is 4.98 Å². The molecule has 2 aromatic heterocycles. The third kappa shape index (κ3) is 2.92. The number of hydrogen-bond acceptors (Lipinski definition) is 5. The zero-order chi connectivity index (χ0) is 15.7. The van der Waals surface area contributed by atoms with Gasteiger partial charge in [0.15, 0.2) is 0 Å². The summed E-state index contributed by atoms with van der Waals surface area (Å²) in [5.74, 6) is -0.283. The molecule has 0 amide bonds. The number of rotatable bonds is 4. The molecule has 1 aliphatic rings. The Morgan fingerprint density at radius 3 is 2.95 bits per heavy atom. The number of fused-ring (bicyclic) bond motifs is 3. The van der Waals surface area contributed by atoms with Gasteiger partial charge in [0.2, 0.25) is 0 Å². The molecule has 0 aliphatic heterocycles. The quantitative estimate of drug-likeness (QED) is 0.813. The van der Waals surface area contributed by atoms with Crippen LogP contribution in [0, 0.1) is 0 Å². The SMILES string of the molecule is CC(C)OC(=O)CCn1cnc2sc3c(c2c1=O)CCCC3. The molecule has 3 rings (SSSR count). The van der Waals surface area contributed by atoms with Crippen molar-refractivity contribution in [3.63, 3.8) is 0 Å². The normalized spacial score (nSPS) is 14.3. The first kappa shape index (κ1) is 15.2. The van der Waals surface area contributed by atoms with Crippen LogP contribution in [0.3, 0.4) is 0 Å². The third-order valence-electron chi connectivity index (χ3n) is 3.87. The minimum absolute atomic E-state index is 0.0262. The maximum absolute atomic E-state index is 12.7. The highest BCUT2D eigenvalue weighted by molar-refractivity contribution is 7.18. The molecule has 0 bridgehead atoms. The van der Waals surface area contributed by atoms with E-state index in [-0.39, 0.29) is 24.1 Å². The molecule has 2 aromatic rings. The molecular formula is C16H20N2O3S. The lowest BCUT2D eigenvalue weighted by Gasteiger charge is -2.11. The smallest absolute Gasteiger partial charge is 0.307 e. The fourth-order valence-electron chi connectivity index (χ4n) is 2.87. The summed E-state index contributed by atoms with van der Waals surface area (Å²) in [5.41, 5.74) is 1.16. The molecule has 0 saturated heterocycles. The summed E-state index contributed by atoms with van der Waals surface area (Å²) in [7, 11) is 0. The molecule has 0 spiro atoms. The van der Waals surface area contributed by atoms with E-state index in [1.165, 1.54) is 21.4 Å². The van der Waals surface area contributed by atoms with Gasteiger partial charge in [-0.1, -0.05) is 0 Å². The van der Waals surface area contributed by atoms with Gasteiger partial charge >= 0.3 is 5.97 Å². The molecule has 22 heavy (non-hydrogen) atoms. The largest absolute Gasteiger partial charge is 0.463 e. The molecule has 0 radical (unpaired) electrons. The standard InChI is InChI=1S/C16H20N2O3S/c1-10(2)21-13(19)7-8-18-9-17-15-14(16(18)20)11-5-3-4-6-12(11)22-15/h9-10H,3-8H2,1-2H3. The number of carbonyl (C=O) groups excluding carboxylic acids is 1. The van der Waals surface area contributed by atoms with Crippen LogP contribution < -0.4 is 5.56 Å². The molecule has 5 nitrogen and oxygen atoms in total. The van der Waals surface area contributed by atoms with Crippen LogP contribution in [0.1, 0.15) is 43.6 Å². The molecule has 0 aromatic carbocycles.